The molecule has 182 valence electrons. The van der Waals surface area contributed by atoms with Gasteiger partial charge >= 0.3 is 11.9 Å². The molecule has 1 aromatic carbocycles. The first-order valence-corrected chi connectivity index (χ1v) is 10.2. The van der Waals surface area contributed by atoms with Crippen LogP contribution in [0, 0.1) is 5.82 Å². The van der Waals surface area contributed by atoms with Gasteiger partial charge in [-0.2, -0.15) is 9.50 Å². The molecule has 2 amide bonds. The number of fused-ring (bicyclic) bond motifs is 1. The molecule has 0 unspecified atom stereocenters. The number of nitrogens with zero attached hydrogens (tertiary/aromatic N) is 5. The van der Waals surface area contributed by atoms with Gasteiger partial charge in [0, 0.05) is 30.3 Å². The Morgan fingerprint density at radius 3 is 2.61 bits per heavy atom. The number of rotatable bonds is 8. The van der Waals surface area contributed by atoms with Crippen molar-refractivity contribution in [2.24, 2.45) is 10.7 Å². The monoisotopic (exact) mass is 492 g/mol. The number of carboxylic acid groups (broad SMARTS) is 1. The second-order valence-corrected chi connectivity index (χ2v) is 7.50. The van der Waals surface area contributed by atoms with Crippen molar-refractivity contribution in [3.05, 3.63) is 82.0 Å². The first-order valence-electron chi connectivity index (χ1n) is 10.2. The number of amides is 2. The van der Waals surface area contributed by atoms with Gasteiger partial charge in [0.25, 0.3) is 11.7 Å². The lowest BCUT2D eigenvalue weighted by molar-refractivity contribution is -0.113. The first kappa shape index (κ1) is 23.9. The van der Waals surface area contributed by atoms with Crippen LogP contribution < -0.4 is 16.4 Å². The summed E-state index contributed by atoms with van der Waals surface area (Å²) in [5.74, 6) is -4.70. The second kappa shape index (κ2) is 9.17. The van der Waals surface area contributed by atoms with E-state index in [2.05, 4.69) is 44.0 Å². The highest BCUT2D eigenvalue weighted by Gasteiger charge is 2.29. The predicted octanol–water partition coefficient (Wildman–Crippen LogP) is 0.131. The van der Waals surface area contributed by atoms with Gasteiger partial charge in [-0.25, -0.2) is 19.2 Å². The molecule has 0 saturated carbocycles. The highest BCUT2D eigenvalue weighted by Crippen LogP contribution is 2.23. The van der Waals surface area contributed by atoms with Gasteiger partial charge in [0.05, 0.1) is 5.70 Å². The number of ketones is 1. The summed E-state index contributed by atoms with van der Waals surface area (Å²) in [5, 5.41) is 18.5. The van der Waals surface area contributed by atoms with Crippen molar-refractivity contribution in [3.8, 4) is 0 Å². The van der Waals surface area contributed by atoms with Gasteiger partial charge < -0.3 is 21.5 Å². The third-order valence-electron chi connectivity index (χ3n) is 5.21. The zero-order valence-corrected chi connectivity index (χ0v) is 18.4. The minimum absolute atomic E-state index is 0.0314. The lowest BCUT2D eigenvalue weighted by atomic mass is 9.93. The van der Waals surface area contributed by atoms with Crippen LogP contribution in [-0.4, -0.2) is 55.0 Å². The smallest absolute Gasteiger partial charge is 0.354 e. The summed E-state index contributed by atoms with van der Waals surface area (Å²) >= 11 is 0. The molecule has 5 N–H and O–H groups in total. The normalized spacial score (nSPS) is 12.9. The number of carboxylic acids is 1. The summed E-state index contributed by atoms with van der Waals surface area (Å²) in [5.41, 5.74) is 6.24. The SMILES string of the molecule is C=NC(=O)c1nc2nc(C(=O)NCc3ccc(F)c(CNC4=C(N)C(=C)C4=O)c3)cc(C(=O)O)n2n1. The molecule has 0 atom stereocenters. The van der Waals surface area contributed by atoms with Crippen LogP contribution in [0.2, 0.25) is 0 Å². The maximum Gasteiger partial charge on any atom is 0.354 e. The van der Waals surface area contributed by atoms with E-state index in [0.29, 0.717) is 5.56 Å². The molecule has 14 heteroatoms. The Morgan fingerprint density at radius 1 is 1.19 bits per heavy atom. The van der Waals surface area contributed by atoms with Crippen molar-refractivity contribution < 1.29 is 28.7 Å². The number of allylic oxidation sites excluding steroid dienone is 2. The van der Waals surface area contributed by atoms with Crippen LogP contribution in [0.5, 0.6) is 0 Å². The van der Waals surface area contributed by atoms with Crippen LogP contribution in [0.15, 0.2) is 52.8 Å². The molecular weight excluding hydrogens is 475 g/mol. The van der Waals surface area contributed by atoms with E-state index in [1.54, 1.807) is 0 Å². The lowest BCUT2D eigenvalue weighted by Crippen LogP contribution is -2.35. The summed E-state index contributed by atoms with van der Waals surface area (Å²) in [6.45, 7) is 6.50. The fraction of sp³-hybridized carbons (Fsp3) is 0.0909. The standard InChI is InChI=1S/C22H17FN8O5/c1-9-15(24)16(17(9)32)26-8-11-5-10(3-4-12(11)23)7-27-19(33)13-6-14(21(35)36)31-22(28-13)29-18(30-31)20(34)25-2/h3-6,26H,1-2,7-8,24H2,(H,27,33)(H,35,36). The molecule has 2 heterocycles. The Balaban J connectivity index is 1.51. The molecule has 0 bridgehead atoms. The van der Waals surface area contributed by atoms with Gasteiger partial charge in [0.2, 0.25) is 11.6 Å². The zero-order chi connectivity index (χ0) is 26.1. The highest BCUT2D eigenvalue weighted by atomic mass is 19.1. The van der Waals surface area contributed by atoms with Crippen LogP contribution in [-0.2, 0) is 17.9 Å². The van der Waals surface area contributed by atoms with Crippen molar-refractivity contribution in [2.45, 2.75) is 13.1 Å². The molecule has 0 spiro atoms. The Bertz CT molecular complexity index is 1540. The number of Topliss-reactive ketones (excluding diaryl/α,β-unsaturated/α-hetero) is 1. The Morgan fingerprint density at radius 2 is 1.94 bits per heavy atom. The van der Waals surface area contributed by atoms with E-state index in [-0.39, 0.29) is 52.9 Å². The number of nitrogens with one attached hydrogen (secondary N) is 2. The van der Waals surface area contributed by atoms with Crippen molar-refractivity contribution in [1.82, 2.24) is 30.2 Å². The van der Waals surface area contributed by atoms with Crippen LogP contribution in [0.25, 0.3) is 5.78 Å². The van der Waals surface area contributed by atoms with Crippen LogP contribution >= 0.6 is 0 Å². The molecule has 2 aromatic heterocycles. The van der Waals surface area contributed by atoms with E-state index in [9.17, 15) is 28.7 Å². The number of benzene rings is 1. The largest absolute Gasteiger partial charge is 0.477 e. The average Bonchev–Trinajstić information content (AvgIpc) is 3.31. The number of hydrogen-bond acceptors (Lipinski definition) is 9. The van der Waals surface area contributed by atoms with Gasteiger partial charge in [0.15, 0.2) is 5.69 Å². The Labute approximate surface area is 201 Å². The zero-order valence-electron chi connectivity index (χ0n) is 18.4. The van der Waals surface area contributed by atoms with Crippen LogP contribution in [0.3, 0.4) is 0 Å². The molecule has 0 fully saturated rings. The van der Waals surface area contributed by atoms with E-state index >= 15 is 0 Å². The van der Waals surface area contributed by atoms with E-state index in [4.69, 9.17) is 5.73 Å². The van der Waals surface area contributed by atoms with Crippen LogP contribution in [0.4, 0.5) is 4.39 Å². The quantitative estimate of drug-likeness (QED) is 0.248. The van der Waals surface area contributed by atoms with Gasteiger partial charge in [-0.1, -0.05) is 12.6 Å². The molecule has 3 aromatic rings. The van der Waals surface area contributed by atoms with Crippen molar-refractivity contribution >= 4 is 36.1 Å². The number of aromatic carboxylic acids is 1. The minimum Gasteiger partial charge on any atom is -0.477 e. The molecular formula is C22H17FN8O5. The number of aromatic nitrogens is 4. The summed E-state index contributed by atoms with van der Waals surface area (Å²) < 4.78 is 15.0. The molecule has 4 rings (SSSR count). The summed E-state index contributed by atoms with van der Waals surface area (Å²) in [4.78, 5) is 58.6. The summed E-state index contributed by atoms with van der Waals surface area (Å²) in [6.07, 6.45) is 0. The number of hydrogen-bond donors (Lipinski definition) is 4. The maximum absolute atomic E-state index is 14.2. The molecule has 0 radical (unpaired) electrons. The van der Waals surface area contributed by atoms with Gasteiger partial charge in [0.1, 0.15) is 17.2 Å². The van der Waals surface area contributed by atoms with Gasteiger partial charge in [-0.15, -0.1) is 5.10 Å². The molecule has 1 aliphatic rings. The van der Waals surface area contributed by atoms with E-state index in [1.807, 2.05) is 0 Å². The molecule has 0 saturated heterocycles. The third kappa shape index (κ3) is 4.29. The maximum atomic E-state index is 14.2. The van der Waals surface area contributed by atoms with Gasteiger partial charge in [-0.05, 0) is 24.4 Å². The van der Waals surface area contributed by atoms with E-state index < -0.39 is 35.1 Å². The molecule has 1 aliphatic carbocycles. The van der Waals surface area contributed by atoms with Crippen molar-refractivity contribution in [1.29, 1.82) is 0 Å². The first-order chi connectivity index (χ1) is 17.1. The molecule has 13 nitrogen and oxygen atoms in total. The number of aliphatic imine (C=N–C) groups is 1. The average molecular weight is 492 g/mol. The Hall–Kier alpha value is -5.27. The number of nitrogens with two attached hydrogens (primary N) is 1. The predicted molar refractivity (Wildman–Crippen MR) is 121 cm³/mol. The fourth-order valence-corrected chi connectivity index (χ4v) is 3.29. The van der Waals surface area contributed by atoms with E-state index in [1.165, 1.54) is 18.2 Å². The summed E-state index contributed by atoms with van der Waals surface area (Å²) in [6, 6.07) is 5.10. The Kier molecular flexibility index (Phi) is 6.08. The second-order valence-electron chi connectivity index (χ2n) is 7.50. The third-order valence-corrected chi connectivity index (χ3v) is 5.21. The van der Waals surface area contributed by atoms with Crippen molar-refractivity contribution in [2.75, 3.05) is 0 Å². The summed E-state index contributed by atoms with van der Waals surface area (Å²) in [7, 11) is 0. The fourth-order valence-electron chi connectivity index (χ4n) is 3.29. The van der Waals surface area contributed by atoms with E-state index in [0.717, 1.165) is 10.6 Å². The topological polar surface area (TPSA) is 194 Å². The van der Waals surface area contributed by atoms with Gasteiger partial charge in [-0.3, -0.25) is 14.4 Å². The molecule has 36 heavy (non-hydrogen) atoms. The minimum atomic E-state index is -1.44. The lowest BCUT2D eigenvalue weighted by Gasteiger charge is -2.22. The number of carbonyl (C=O) groups excluding carboxylic acids is 3. The number of carbonyl (C=O) groups is 4. The number of halogens is 1. The van der Waals surface area contributed by atoms with Crippen molar-refractivity contribution in [3.63, 3.8) is 0 Å². The van der Waals surface area contributed by atoms with Crippen LogP contribution in [0.1, 0.15) is 42.7 Å². The molecule has 0 aliphatic heterocycles. The highest BCUT2D eigenvalue weighted by molar-refractivity contribution is 6.18.